The summed E-state index contributed by atoms with van der Waals surface area (Å²) >= 11 is 0. The number of hydrogen-bond acceptors (Lipinski definition) is 3. The van der Waals surface area contributed by atoms with Crippen LogP contribution in [0.3, 0.4) is 0 Å². The molecule has 1 aromatic carbocycles. The molecule has 0 aromatic heterocycles. The van der Waals surface area contributed by atoms with Gasteiger partial charge in [0, 0.05) is 24.9 Å². The Morgan fingerprint density at radius 2 is 2.28 bits per heavy atom. The predicted octanol–water partition coefficient (Wildman–Crippen LogP) is 1.81. The molecule has 4 nitrogen and oxygen atoms in total. The molecular weight excluding hydrogens is 228 g/mol. The van der Waals surface area contributed by atoms with Gasteiger partial charge in [0.1, 0.15) is 0 Å². The van der Waals surface area contributed by atoms with Crippen LogP contribution in [0.2, 0.25) is 0 Å². The van der Waals surface area contributed by atoms with Gasteiger partial charge in [-0.3, -0.25) is 4.79 Å². The molecule has 1 aliphatic heterocycles. The number of nitrogens with one attached hydrogen (secondary N) is 2. The molecule has 0 fully saturated rings. The van der Waals surface area contributed by atoms with Gasteiger partial charge in [-0.1, -0.05) is 0 Å². The molecule has 0 radical (unpaired) electrons. The highest BCUT2D eigenvalue weighted by molar-refractivity contribution is 5.95. The fourth-order valence-electron chi connectivity index (χ4n) is 2.22. The van der Waals surface area contributed by atoms with Gasteiger partial charge in [0.05, 0.1) is 12.1 Å². The first kappa shape index (κ1) is 12.9. The Labute approximate surface area is 108 Å². The Balaban J connectivity index is 2.10. The summed E-state index contributed by atoms with van der Waals surface area (Å²) in [5.74, 6) is -0.0493. The number of anilines is 1. The summed E-state index contributed by atoms with van der Waals surface area (Å²) in [4.78, 5) is 12.1. The highest BCUT2D eigenvalue weighted by Crippen LogP contribution is 2.23. The zero-order valence-electron chi connectivity index (χ0n) is 11.2. The number of fused-ring (bicyclic) bond motifs is 1. The fraction of sp³-hybridized carbons (Fsp3) is 0.500. The Morgan fingerprint density at radius 1 is 1.50 bits per heavy atom. The molecule has 1 amide bonds. The Kier molecular flexibility index (Phi) is 3.57. The van der Waals surface area contributed by atoms with Crippen molar-refractivity contribution < 1.29 is 9.53 Å². The third-order valence-electron chi connectivity index (χ3n) is 3.03. The lowest BCUT2D eigenvalue weighted by Crippen LogP contribution is -2.46. The first-order valence-corrected chi connectivity index (χ1v) is 6.20. The van der Waals surface area contributed by atoms with E-state index in [1.54, 1.807) is 7.11 Å². The molecule has 0 aliphatic carbocycles. The van der Waals surface area contributed by atoms with Gasteiger partial charge in [0.25, 0.3) is 5.91 Å². The largest absolute Gasteiger partial charge is 0.384 e. The number of rotatable bonds is 4. The maximum atomic E-state index is 12.1. The van der Waals surface area contributed by atoms with Crippen molar-refractivity contribution in [2.75, 3.05) is 25.6 Å². The second-order valence-electron chi connectivity index (χ2n) is 5.32. The molecule has 2 N–H and O–H groups in total. The molecular formula is C14H20N2O2. The summed E-state index contributed by atoms with van der Waals surface area (Å²) < 4.78 is 5.09. The number of hydrogen-bond donors (Lipinski definition) is 2. The SMILES string of the molecule is COCC(C)(C)NC(=O)c1ccc2c(c1)CCN2. The number of carbonyl (C=O) groups excluding carboxylic acids is 1. The van der Waals surface area contributed by atoms with E-state index in [2.05, 4.69) is 10.6 Å². The van der Waals surface area contributed by atoms with E-state index in [0.717, 1.165) is 18.7 Å². The van der Waals surface area contributed by atoms with Crippen LogP contribution >= 0.6 is 0 Å². The normalized spacial score (nSPS) is 13.9. The smallest absolute Gasteiger partial charge is 0.251 e. The number of carbonyl (C=O) groups is 1. The summed E-state index contributed by atoms with van der Waals surface area (Å²) in [6.07, 6.45) is 0.984. The molecule has 0 bridgehead atoms. The van der Waals surface area contributed by atoms with Crippen molar-refractivity contribution in [3.8, 4) is 0 Å². The number of ether oxygens (including phenoxy) is 1. The molecule has 0 unspecified atom stereocenters. The lowest BCUT2D eigenvalue weighted by molar-refractivity contribution is 0.0820. The lowest BCUT2D eigenvalue weighted by Gasteiger charge is -2.25. The monoisotopic (exact) mass is 248 g/mol. The van der Waals surface area contributed by atoms with Crippen LogP contribution in [0.4, 0.5) is 5.69 Å². The zero-order valence-corrected chi connectivity index (χ0v) is 11.2. The summed E-state index contributed by atoms with van der Waals surface area (Å²) in [7, 11) is 1.63. The van der Waals surface area contributed by atoms with Crippen LogP contribution in [0.1, 0.15) is 29.8 Å². The molecule has 2 rings (SSSR count). The van der Waals surface area contributed by atoms with E-state index < -0.39 is 0 Å². The fourth-order valence-corrected chi connectivity index (χ4v) is 2.22. The van der Waals surface area contributed by atoms with Gasteiger partial charge in [-0.05, 0) is 44.0 Å². The van der Waals surface area contributed by atoms with E-state index in [9.17, 15) is 4.79 Å². The van der Waals surface area contributed by atoms with Crippen LogP contribution in [-0.2, 0) is 11.2 Å². The van der Waals surface area contributed by atoms with Gasteiger partial charge in [-0.25, -0.2) is 0 Å². The number of amides is 1. The lowest BCUT2D eigenvalue weighted by atomic mass is 10.0. The number of methoxy groups -OCH3 is 1. The van der Waals surface area contributed by atoms with Gasteiger partial charge in [0.2, 0.25) is 0 Å². The molecule has 98 valence electrons. The van der Waals surface area contributed by atoms with Crippen LogP contribution in [0.25, 0.3) is 0 Å². The second-order valence-corrected chi connectivity index (χ2v) is 5.32. The first-order chi connectivity index (χ1) is 8.52. The minimum absolute atomic E-state index is 0.0493. The summed E-state index contributed by atoms with van der Waals surface area (Å²) in [6.45, 7) is 5.34. The van der Waals surface area contributed by atoms with E-state index in [1.807, 2.05) is 32.0 Å². The quantitative estimate of drug-likeness (QED) is 0.854. The van der Waals surface area contributed by atoms with Crippen molar-refractivity contribution in [1.82, 2.24) is 5.32 Å². The van der Waals surface area contributed by atoms with Crippen LogP contribution in [0.15, 0.2) is 18.2 Å². The molecule has 4 heteroatoms. The van der Waals surface area contributed by atoms with Crippen LogP contribution in [-0.4, -0.2) is 31.7 Å². The van der Waals surface area contributed by atoms with Crippen molar-refractivity contribution in [3.05, 3.63) is 29.3 Å². The molecule has 1 aliphatic rings. The predicted molar refractivity (Wildman–Crippen MR) is 72.1 cm³/mol. The van der Waals surface area contributed by atoms with Crippen LogP contribution in [0, 0.1) is 0 Å². The van der Waals surface area contributed by atoms with Crippen molar-refractivity contribution in [3.63, 3.8) is 0 Å². The third kappa shape index (κ3) is 2.82. The van der Waals surface area contributed by atoms with Crippen LogP contribution < -0.4 is 10.6 Å². The molecule has 0 saturated heterocycles. The highest BCUT2D eigenvalue weighted by Gasteiger charge is 2.22. The summed E-state index contributed by atoms with van der Waals surface area (Å²) in [6, 6.07) is 5.80. The third-order valence-corrected chi connectivity index (χ3v) is 3.03. The Morgan fingerprint density at radius 3 is 3.00 bits per heavy atom. The second kappa shape index (κ2) is 4.98. The maximum absolute atomic E-state index is 12.1. The van der Waals surface area contributed by atoms with Gasteiger partial charge in [0.15, 0.2) is 0 Å². The van der Waals surface area contributed by atoms with Crippen molar-refractivity contribution in [2.24, 2.45) is 0 Å². The van der Waals surface area contributed by atoms with Gasteiger partial charge in [-0.2, -0.15) is 0 Å². The van der Waals surface area contributed by atoms with Gasteiger partial charge in [-0.15, -0.1) is 0 Å². The molecule has 1 aromatic rings. The Hall–Kier alpha value is -1.55. The molecule has 18 heavy (non-hydrogen) atoms. The average molecular weight is 248 g/mol. The standard InChI is InChI=1S/C14H20N2O2/c1-14(2,9-18-3)16-13(17)11-4-5-12-10(8-11)6-7-15-12/h4-5,8,15H,6-7,9H2,1-3H3,(H,16,17). The average Bonchev–Trinajstić information content (AvgIpc) is 2.74. The summed E-state index contributed by atoms with van der Waals surface area (Å²) in [5.41, 5.74) is 2.71. The number of benzene rings is 1. The Bertz CT molecular complexity index is 455. The topological polar surface area (TPSA) is 50.4 Å². The highest BCUT2D eigenvalue weighted by atomic mass is 16.5. The minimum atomic E-state index is -0.358. The summed E-state index contributed by atoms with van der Waals surface area (Å²) in [5, 5.41) is 6.26. The van der Waals surface area contributed by atoms with Gasteiger partial charge < -0.3 is 15.4 Å². The van der Waals surface area contributed by atoms with E-state index in [4.69, 9.17) is 4.74 Å². The van der Waals surface area contributed by atoms with Gasteiger partial charge >= 0.3 is 0 Å². The van der Waals surface area contributed by atoms with E-state index in [-0.39, 0.29) is 11.4 Å². The first-order valence-electron chi connectivity index (χ1n) is 6.20. The van der Waals surface area contributed by atoms with Crippen molar-refractivity contribution in [2.45, 2.75) is 25.8 Å². The van der Waals surface area contributed by atoms with E-state index >= 15 is 0 Å². The maximum Gasteiger partial charge on any atom is 0.251 e. The van der Waals surface area contributed by atoms with Crippen molar-refractivity contribution in [1.29, 1.82) is 0 Å². The van der Waals surface area contributed by atoms with E-state index in [0.29, 0.717) is 12.2 Å². The van der Waals surface area contributed by atoms with E-state index in [1.165, 1.54) is 5.56 Å². The molecule has 0 saturated carbocycles. The molecule has 0 atom stereocenters. The molecule has 0 spiro atoms. The zero-order chi connectivity index (χ0) is 13.2. The van der Waals surface area contributed by atoms with Crippen LogP contribution in [0.5, 0.6) is 0 Å². The van der Waals surface area contributed by atoms with Crippen molar-refractivity contribution >= 4 is 11.6 Å². The minimum Gasteiger partial charge on any atom is -0.384 e. The molecule has 1 heterocycles.